The molecule has 1 aromatic carbocycles. The Morgan fingerprint density at radius 1 is 1.32 bits per heavy atom. The average Bonchev–Trinajstić information content (AvgIpc) is 2.43. The first-order chi connectivity index (χ1) is 10.4. The molecule has 1 rings (SSSR count). The number of methoxy groups -OCH3 is 1. The van der Waals surface area contributed by atoms with Crippen molar-refractivity contribution < 1.29 is 19.1 Å². The number of carbonyl (C=O) groups is 1. The lowest BCUT2D eigenvalue weighted by Gasteiger charge is -2.19. The highest BCUT2D eigenvalue weighted by Crippen LogP contribution is 2.27. The molecule has 6 nitrogen and oxygen atoms in total. The van der Waals surface area contributed by atoms with Gasteiger partial charge in [-0.2, -0.15) is 0 Å². The number of hydrogen-bond donors (Lipinski definition) is 1. The van der Waals surface area contributed by atoms with E-state index in [4.69, 9.17) is 14.3 Å². The van der Waals surface area contributed by atoms with Crippen LogP contribution in [-0.4, -0.2) is 38.0 Å². The Balaban J connectivity index is 2.54. The standard InChI is InChI=1S/C16H24N2O4/c1-6-21-13-8-7-12(9-14(13)20-5)10-17-22-11-15(19)18-16(2,3)4/h7-10H,6,11H2,1-5H3,(H,18,19)/b17-10+. The molecular formula is C16H24N2O4. The minimum absolute atomic E-state index is 0.123. The number of nitrogens with one attached hydrogen (secondary N) is 1. The molecule has 0 aromatic heterocycles. The third kappa shape index (κ3) is 6.47. The van der Waals surface area contributed by atoms with E-state index in [-0.39, 0.29) is 18.1 Å². The topological polar surface area (TPSA) is 69.2 Å². The van der Waals surface area contributed by atoms with Crippen LogP contribution in [0.3, 0.4) is 0 Å². The van der Waals surface area contributed by atoms with E-state index in [0.717, 1.165) is 5.56 Å². The number of carbonyl (C=O) groups excluding carboxylic acids is 1. The molecule has 0 radical (unpaired) electrons. The van der Waals surface area contributed by atoms with Gasteiger partial charge >= 0.3 is 0 Å². The number of rotatable bonds is 7. The van der Waals surface area contributed by atoms with Crippen LogP contribution in [0.4, 0.5) is 0 Å². The van der Waals surface area contributed by atoms with Gasteiger partial charge in [0.05, 0.1) is 19.9 Å². The van der Waals surface area contributed by atoms with Gasteiger partial charge in [-0.3, -0.25) is 4.79 Å². The molecule has 0 saturated heterocycles. The van der Waals surface area contributed by atoms with Gasteiger partial charge in [0.1, 0.15) is 0 Å². The summed E-state index contributed by atoms with van der Waals surface area (Å²) in [6, 6.07) is 5.42. The zero-order valence-electron chi connectivity index (χ0n) is 13.8. The SMILES string of the molecule is CCOc1ccc(/C=N/OCC(=O)NC(C)(C)C)cc1OC. The van der Waals surface area contributed by atoms with Crippen molar-refractivity contribution in [1.82, 2.24) is 5.32 Å². The summed E-state index contributed by atoms with van der Waals surface area (Å²) in [7, 11) is 1.58. The summed E-state index contributed by atoms with van der Waals surface area (Å²) in [6.07, 6.45) is 1.52. The fraction of sp³-hybridized carbons (Fsp3) is 0.500. The largest absolute Gasteiger partial charge is 0.493 e. The zero-order valence-corrected chi connectivity index (χ0v) is 13.8. The van der Waals surface area contributed by atoms with Crippen LogP contribution in [0.1, 0.15) is 33.3 Å². The summed E-state index contributed by atoms with van der Waals surface area (Å²) >= 11 is 0. The highest BCUT2D eigenvalue weighted by Gasteiger charge is 2.13. The molecule has 1 amide bonds. The molecular weight excluding hydrogens is 284 g/mol. The van der Waals surface area contributed by atoms with Crippen molar-refractivity contribution in [3.63, 3.8) is 0 Å². The molecule has 0 atom stereocenters. The second kappa shape index (κ2) is 8.26. The lowest BCUT2D eigenvalue weighted by Crippen LogP contribution is -2.42. The van der Waals surface area contributed by atoms with E-state index in [1.807, 2.05) is 33.8 Å². The van der Waals surface area contributed by atoms with E-state index < -0.39 is 0 Å². The van der Waals surface area contributed by atoms with Crippen molar-refractivity contribution in [2.45, 2.75) is 33.2 Å². The van der Waals surface area contributed by atoms with Crippen LogP contribution >= 0.6 is 0 Å². The van der Waals surface area contributed by atoms with E-state index in [0.29, 0.717) is 18.1 Å². The van der Waals surface area contributed by atoms with Crippen LogP contribution in [0.5, 0.6) is 11.5 Å². The van der Waals surface area contributed by atoms with Crippen molar-refractivity contribution in [2.75, 3.05) is 20.3 Å². The monoisotopic (exact) mass is 308 g/mol. The molecule has 0 aliphatic carbocycles. The lowest BCUT2D eigenvalue weighted by atomic mass is 10.1. The summed E-state index contributed by atoms with van der Waals surface area (Å²) in [5, 5.41) is 6.56. The molecule has 0 spiro atoms. The minimum Gasteiger partial charge on any atom is -0.493 e. The third-order valence-electron chi connectivity index (χ3n) is 2.47. The van der Waals surface area contributed by atoms with Gasteiger partial charge in [-0.25, -0.2) is 0 Å². The zero-order chi connectivity index (χ0) is 16.6. The van der Waals surface area contributed by atoms with E-state index in [9.17, 15) is 4.79 Å². The second-order valence-electron chi connectivity index (χ2n) is 5.65. The molecule has 0 unspecified atom stereocenters. The summed E-state index contributed by atoms with van der Waals surface area (Å²) in [5.41, 5.74) is 0.503. The number of hydrogen-bond acceptors (Lipinski definition) is 5. The predicted molar refractivity (Wildman–Crippen MR) is 85.6 cm³/mol. The molecule has 22 heavy (non-hydrogen) atoms. The van der Waals surface area contributed by atoms with Gasteiger partial charge in [-0.05, 0) is 45.9 Å². The summed E-state index contributed by atoms with van der Waals surface area (Å²) in [4.78, 5) is 16.5. The van der Waals surface area contributed by atoms with Crippen molar-refractivity contribution in [2.24, 2.45) is 5.16 Å². The quantitative estimate of drug-likeness (QED) is 0.620. The van der Waals surface area contributed by atoms with Crippen molar-refractivity contribution in [3.8, 4) is 11.5 Å². The summed E-state index contributed by atoms with van der Waals surface area (Å²) < 4.78 is 10.7. The molecule has 6 heteroatoms. The number of ether oxygens (including phenoxy) is 2. The van der Waals surface area contributed by atoms with E-state index in [1.54, 1.807) is 19.2 Å². The fourth-order valence-corrected chi connectivity index (χ4v) is 1.69. The van der Waals surface area contributed by atoms with Gasteiger partial charge in [-0.1, -0.05) is 5.16 Å². The normalized spacial score (nSPS) is 11.3. The fourth-order valence-electron chi connectivity index (χ4n) is 1.69. The second-order valence-corrected chi connectivity index (χ2v) is 5.65. The van der Waals surface area contributed by atoms with E-state index in [2.05, 4.69) is 10.5 Å². The predicted octanol–water partition coefficient (Wildman–Crippen LogP) is 2.36. The average molecular weight is 308 g/mol. The van der Waals surface area contributed by atoms with E-state index >= 15 is 0 Å². The molecule has 1 N–H and O–H groups in total. The first kappa shape index (κ1) is 17.8. The van der Waals surface area contributed by atoms with Crippen LogP contribution in [0, 0.1) is 0 Å². The van der Waals surface area contributed by atoms with Gasteiger partial charge < -0.3 is 19.6 Å². The molecule has 0 bridgehead atoms. The Bertz CT molecular complexity index is 521. The lowest BCUT2D eigenvalue weighted by molar-refractivity contribution is -0.127. The van der Waals surface area contributed by atoms with Crippen molar-refractivity contribution in [1.29, 1.82) is 0 Å². The van der Waals surface area contributed by atoms with Crippen LogP contribution < -0.4 is 14.8 Å². The number of benzene rings is 1. The summed E-state index contributed by atoms with van der Waals surface area (Å²) in [6.45, 7) is 8.06. The minimum atomic E-state index is -0.285. The molecule has 0 aliphatic heterocycles. The number of amides is 1. The smallest absolute Gasteiger partial charge is 0.261 e. The molecule has 0 heterocycles. The molecule has 0 saturated carbocycles. The molecule has 0 fully saturated rings. The van der Waals surface area contributed by atoms with Gasteiger partial charge in [0.25, 0.3) is 5.91 Å². The first-order valence-corrected chi connectivity index (χ1v) is 7.13. The first-order valence-electron chi connectivity index (χ1n) is 7.13. The maximum Gasteiger partial charge on any atom is 0.261 e. The highest BCUT2D eigenvalue weighted by atomic mass is 16.6. The number of nitrogens with zero attached hydrogens (tertiary/aromatic N) is 1. The van der Waals surface area contributed by atoms with Gasteiger partial charge in [-0.15, -0.1) is 0 Å². The van der Waals surface area contributed by atoms with Crippen LogP contribution in [-0.2, 0) is 9.63 Å². The van der Waals surface area contributed by atoms with Crippen LogP contribution in [0.25, 0.3) is 0 Å². The molecule has 1 aromatic rings. The number of oxime groups is 1. The maximum atomic E-state index is 11.5. The Morgan fingerprint density at radius 3 is 2.64 bits per heavy atom. The Morgan fingerprint density at radius 2 is 2.05 bits per heavy atom. The Hall–Kier alpha value is -2.24. The highest BCUT2D eigenvalue weighted by molar-refractivity contribution is 5.81. The van der Waals surface area contributed by atoms with Crippen molar-refractivity contribution in [3.05, 3.63) is 23.8 Å². The summed E-state index contributed by atoms with van der Waals surface area (Å²) in [5.74, 6) is 1.08. The van der Waals surface area contributed by atoms with Crippen molar-refractivity contribution >= 4 is 12.1 Å². The van der Waals surface area contributed by atoms with E-state index in [1.165, 1.54) is 6.21 Å². The van der Waals surface area contributed by atoms with Gasteiger partial charge in [0, 0.05) is 11.1 Å². The van der Waals surface area contributed by atoms with Gasteiger partial charge in [0.2, 0.25) is 0 Å². The van der Waals surface area contributed by atoms with Crippen LogP contribution in [0.2, 0.25) is 0 Å². The Kier molecular flexibility index (Phi) is 6.69. The molecule has 0 aliphatic rings. The van der Waals surface area contributed by atoms with Crippen LogP contribution in [0.15, 0.2) is 23.4 Å². The van der Waals surface area contributed by atoms with Gasteiger partial charge in [0.15, 0.2) is 18.1 Å². The molecule has 122 valence electrons. The maximum absolute atomic E-state index is 11.5. The third-order valence-corrected chi connectivity index (χ3v) is 2.47. The Labute approximate surface area is 131 Å².